The van der Waals surface area contributed by atoms with E-state index >= 15 is 0 Å². The molecule has 1 aliphatic rings. The maximum absolute atomic E-state index is 11.6. The van der Waals surface area contributed by atoms with Gasteiger partial charge in [-0.1, -0.05) is 47.6 Å². The molecule has 0 radical (unpaired) electrons. The van der Waals surface area contributed by atoms with Crippen LogP contribution in [0.4, 0.5) is 0 Å². The first-order chi connectivity index (χ1) is 12.2. The Bertz CT molecular complexity index is 777. The molecule has 0 saturated heterocycles. The van der Waals surface area contributed by atoms with Crippen LogP contribution in [0.1, 0.15) is 24.0 Å². The Labute approximate surface area is 146 Å². The number of hydrogen-bond donors (Lipinski definition) is 0. The van der Waals surface area contributed by atoms with Gasteiger partial charge in [0.15, 0.2) is 0 Å². The molecule has 128 valence electrons. The van der Waals surface area contributed by atoms with Gasteiger partial charge in [-0.05, 0) is 41.6 Å². The molecule has 0 spiro atoms. The normalized spacial score (nSPS) is 21.6. The van der Waals surface area contributed by atoms with E-state index in [9.17, 15) is 4.79 Å². The smallest absolute Gasteiger partial charge is 0.308 e. The minimum atomic E-state index is -0.675. The molecule has 2 aromatic carbocycles. The van der Waals surface area contributed by atoms with E-state index in [1.807, 2.05) is 54.6 Å². The lowest BCUT2D eigenvalue weighted by Crippen LogP contribution is -2.43. The Balaban J connectivity index is 1.68. The number of azide groups is 1. The van der Waals surface area contributed by atoms with E-state index in [0.717, 1.165) is 16.9 Å². The molecule has 1 saturated carbocycles. The summed E-state index contributed by atoms with van der Waals surface area (Å²) in [6, 6.07) is 17.4. The van der Waals surface area contributed by atoms with Gasteiger partial charge in [0.25, 0.3) is 0 Å². The quantitative estimate of drug-likeness (QED) is 0.340. The first-order valence-electron chi connectivity index (χ1n) is 8.08. The number of rotatable bonds is 6. The molecule has 0 N–H and O–H groups in total. The van der Waals surface area contributed by atoms with Crippen LogP contribution in [0.2, 0.25) is 0 Å². The molecule has 1 fully saturated rings. The largest absolute Gasteiger partial charge is 0.489 e. The summed E-state index contributed by atoms with van der Waals surface area (Å²) in [5.41, 5.74) is 10.2. The number of ether oxygens (including phenoxy) is 2. The summed E-state index contributed by atoms with van der Waals surface area (Å²) in [5.74, 6) is 0.267. The predicted octanol–water partition coefficient (Wildman–Crippen LogP) is 4.35. The number of benzene rings is 2. The van der Waals surface area contributed by atoms with Crippen LogP contribution >= 0.6 is 0 Å². The van der Waals surface area contributed by atoms with Gasteiger partial charge < -0.3 is 9.47 Å². The Hall–Kier alpha value is -2.98. The lowest BCUT2D eigenvalue weighted by molar-refractivity contribution is -0.151. The highest BCUT2D eigenvalue weighted by atomic mass is 16.5. The fourth-order valence-electron chi connectivity index (χ4n) is 3.15. The lowest BCUT2D eigenvalue weighted by atomic mass is 9.65. The zero-order chi connectivity index (χ0) is 17.7. The van der Waals surface area contributed by atoms with E-state index < -0.39 is 5.54 Å². The highest BCUT2D eigenvalue weighted by Crippen LogP contribution is 2.49. The second-order valence-electron chi connectivity index (χ2n) is 6.15. The number of nitrogens with zero attached hydrogens (tertiary/aromatic N) is 3. The summed E-state index contributed by atoms with van der Waals surface area (Å²) in [5, 5.41) is 3.95. The third-order valence-electron chi connectivity index (χ3n) is 4.58. The summed E-state index contributed by atoms with van der Waals surface area (Å²) in [6.07, 6.45) is 0.932. The molecule has 1 aliphatic carbocycles. The van der Waals surface area contributed by atoms with Crippen LogP contribution in [0.15, 0.2) is 59.7 Å². The molecule has 0 unspecified atom stereocenters. The van der Waals surface area contributed by atoms with Crippen LogP contribution in [0.3, 0.4) is 0 Å². The third kappa shape index (κ3) is 3.59. The number of esters is 1. The van der Waals surface area contributed by atoms with E-state index in [2.05, 4.69) is 10.0 Å². The van der Waals surface area contributed by atoms with E-state index in [1.54, 1.807) is 0 Å². The van der Waals surface area contributed by atoms with Gasteiger partial charge >= 0.3 is 5.97 Å². The van der Waals surface area contributed by atoms with Crippen molar-refractivity contribution in [1.29, 1.82) is 0 Å². The summed E-state index contributed by atoms with van der Waals surface area (Å²) in [4.78, 5) is 14.6. The lowest BCUT2D eigenvalue weighted by Gasteiger charge is -2.43. The van der Waals surface area contributed by atoms with Crippen molar-refractivity contribution in [2.45, 2.75) is 25.0 Å². The van der Waals surface area contributed by atoms with Crippen LogP contribution in [0, 0.1) is 5.92 Å². The summed E-state index contributed by atoms with van der Waals surface area (Å²) in [6.45, 7) is 0.492. The van der Waals surface area contributed by atoms with Gasteiger partial charge in [-0.3, -0.25) is 4.79 Å². The first kappa shape index (κ1) is 16.9. The zero-order valence-electron chi connectivity index (χ0n) is 14.0. The summed E-state index contributed by atoms with van der Waals surface area (Å²) >= 11 is 0. The Kier molecular flexibility index (Phi) is 4.91. The highest BCUT2D eigenvalue weighted by Gasteiger charge is 2.48. The Morgan fingerprint density at radius 3 is 2.48 bits per heavy atom. The molecule has 6 nitrogen and oxygen atoms in total. The van der Waals surface area contributed by atoms with Gasteiger partial charge in [0, 0.05) is 4.91 Å². The van der Waals surface area contributed by atoms with Gasteiger partial charge in [-0.25, -0.2) is 0 Å². The molecule has 6 heteroatoms. The predicted molar refractivity (Wildman–Crippen MR) is 92.8 cm³/mol. The summed E-state index contributed by atoms with van der Waals surface area (Å²) in [7, 11) is 1.37. The van der Waals surface area contributed by atoms with Crippen LogP contribution < -0.4 is 4.74 Å². The van der Waals surface area contributed by atoms with Gasteiger partial charge in [0.05, 0.1) is 18.6 Å². The van der Waals surface area contributed by atoms with Gasteiger partial charge in [0.1, 0.15) is 12.4 Å². The fourth-order valence-corrected chi connectivity index (χ4v) is 3.15. The number of hydrogen-bond acceptors (Lipinski definition) is 4. The van der Waals surface area contributed by atoms with Gasteiger partial charge in [0.2, 0.25) is 0 Å². The van der Waals surface area contributed by atoms with E-state index in [0.29, 0.717) is 19.4 Å². The summed E-state index contributed by atoms with van der Waals surface area (Å²) < 4.78 is 10.5. The molecule has 0 amide bonds. The van der Waals surface area contributed by atoms with Crippen molar-refractivity contribution < 1.29 is 14.3 Å². The molecule has 0 aliphatic heterocycles. The molecular formula is C19H19N3O3. The molecule has 0 heterocycles. The second kappa shape index (κ2) is 7.28. The standard InChI is InChI=1S/C19H19N3O3/c1-24-18(23)15-11-19(12-15,21-22-20)16-7-9-17(10-8-16)25-13-14-5-3-2-4-6-14/h2-10,15H,11-13H2,1H3. The van der Waals surface area contributed by atoms with Crippen molar-refractivity contribution >= 4 is 5.97 Å². The van der Waals surface area contributed by atoms with Crippen LogP contribution in [0.25, 0.3) is 10.4 Å². The SMILES string of the molecule is COC(=O)C1CC(N=[N+]=[N-])(c2ccc(OCc3ccccc3)cc2)C1. The van der Waals surface area contributed by atoms with Gasteiger partial charge in [-0.2, -0.15) is 0 Å². The Morgan fingerprint density at radius 1 is 1.20 bits per heavy atom. The van der Waals surface area contributed by atoms with Crippen molar-refractivity contribution in [3.63, 3.8) is 0 Å². The fraction of sp³-hybridized carbons (Fsp3) is 0.316. The zero-order valence-corrected chi connectivity index (χ0v) is 14.0. The van der Waals surface area contributed by atoms with Crippen LogP contribution in [-0.4, -0.2) is 13.1 Å². The van der Waals surface area contributed by atoms with Crippen LogP contribution in [0.5, 0.6) is 5.75 Å². The molecule has 3 rings (SSSR count). The number of carbonyl (C=O) groups is 1. The minimum Gasteiger partial charge on any atom is -0.489 e. The maximum atomic E-state index is 11.6. The third-order valence-corrected chi connectivity index (χ3v) is 4.58. The van der Waals surface area contributed by atoms with Crippen molar-refractivity contribution in [1.82, 2.24) is 0 Å². The number of methoxy groups -OCH3 is 1. The molecule has 2 aromatic rings. The van der Waals surface area contributed by atoms with E-state index in [-0.39, 0.29) is 11.9 Å². The monoisotopic (exact) mass is 337 g/mol. The Morgan fingerprint density at radius 2 is 1.88 bits per heavy atom. The number of carbonyl (C=O) groups excluding carboxylic acids is 1. The molecule has 0 bridgehead atoms. The van der Waals surface area contributed by atoms with Gasteiger partial charge in [-0.15, -0.1) is 0 Å². The van der Waals surface area contributed by atoms with Crippen LogP contribution in [-0.2, 0) is 21.7 Å². The molecule has 0 aromatic heterocycles. The topological polar surface area (TPSA) is 84.3 Å². The first-order valence-corrected chi connectivity index (χ1v) is 8.08. The minimum absolute atomic E-state index is 0.218. The van der Waals surface area contributed by atoms with Crippen molar-refractivity contribution in [2.75, 3.05) is 7.11 Å². The molecular weight excluding hydrogens is 318 g/mol. The van der Waals surface area contributed by atoms with Crippen molar-refractivity contribution in [3.8, 4) is 5.75 Å². The van der Waals surface area contributed by atoms with E-state index in [1.165, 1.54) is 7.11 Å². The van der Waals surface area contributed by atoms with Crippen molar-refractivity contribution in [2.24, 2.45) is 11.0 Å². The average molecular weight is 337 g/mol. The van der Waals surface area contributed by atoms with E-state index in [4.69, 9.17) is 15.0 Å². The second-order valence-corrected chi connectivity index (χ2v) is 6.15. The molecule has 0 atom stereocenters. The highest BCUT2D eigenvalue weighted by molar-refractivity contribution is 5.74. The molecule has 25 heavy (non-hydrogen) atoms. The maximum Gasteiger partial charge on any atom is 0.308 e. The average Bonchev–Trinajstić information content (AvgIpc) is 2.63. The van der Waals surface area contributed by atoms with Crippen molar-refractivity contribution in [3.05, 3.63) is 76.2 Å².